The third-order valence-corrected chi connectivity index (χ3v) is 3.64. The molecule has 1 N–H and O–H groups in total. The molecule has 0 spiro atoms. The van der Waals surface area contributed by atoms with Crippen LogP contribution in [-0.2, 0) is 0 Å². The van der Waals surface area contributed by atoms with Crippen molar-refractivity contribution in [3.05, 3.63) is 29.8 Å². The molecule has 1 aliphatic heterocycles. The van der Waals surface area contributed by atoms with Gasteiger partial charge in [-0.25, -0.2) is 0 Å². The highest BCUT2D eigenvalue weighted by molar-refractivity contribution is 5.99. The molecule has 19 heavy (non-hydrogen) atoms. The molecule has 1 fully saturated rings. The SMILES string of the molecule is CNc1ccccc1C(=O)N1CCCC1CN(C)C. The van der Waals surface area contributed by atoms with E-state index in [9.17, 15) is 4.79 Å². The van der Waals surface area contributed by atoms with Crippen LogP contribution in [0.25, 0.3) is 0 Å². The van der Waals surface area contributed by atoms with E-state index < -0.39 is 0 Å². The molecular weight excluding hydrogens is 238 g/mol. The molecule has 1 unspecified atom stereocenters. The topological polar surface area (TPSA) is 35.6 Å². The minimum atomic E-state index is 0.148. The second-order valence-corrected chi connectivity index (χ2v) is 5.35. The Labute approximate surface area is 115 Å². The Balaban J connectivity index is 2.18. The van der Waals surface area contributed by atoms with Gasteiger partial charge in [-0.05, 0) is 39.1 Å². The quantitative estimate of drug-likeness (QED) is 0.899. The van der Waals surface area contributed by atoms with Gasteiger partial charge in [0.05, 0.1) is 5.56 Å². The first-order valence-electron chi connectivity index (χ1n) is 6.86. The van der Waals surface area contributed by atoms with Crippen molar-refractivity contribution in [3.63, 3.8) is 0 Å². The van der Waals surface area contributed by atoms with Crippen molar-refractivity contribution >= 4 is 11.6 Å². The molecule has 1 atom stereocenters. The molecule has 0 saturated carbocycles. The van der Waals surface area contributed by atoms with Gasteiger partial charge in [-0.15, -0.1) is 0 Å². The molecule has 1 amide bonds. The van der Waals surface area contributed by atoms with Crippen LogP contribution in [0.2, 0.25) is 0 Å². The van der Waals surface area contributed by atoms with Crippen LogP contribution in [-0.4, -0.2) is 56.0 Å². The van der Waals surface area contributed by atoms with Crippen LogP contribution >= 0.6 is 0 Å². The van der Waals surface area contributed by atoms with Crippen LogP contribution in [0, 0.1) is 0 Å². The Hall–Kier alpha value is -1.55. The van der Waals surface area contributed by atoms with Crippen molar-refractivity contribution in [1.29, 1.82) is 0 Å². The van der Waals surface area contributed by atoms with E-state index in [1.807, 2.05) is 36.2 Å². The fourth-order valence-corrected chi connectivity index (χ4v) is 2.76. The minimum absolute atomic E-state index is 0.148. The summed E-state index contributed by atoms with van der Waals surface area (Å²) in [4.78, 5) is 16.9. The fourth-order valence-electron chi connectivity index (χ4n) is 2.76. The third kappa shape index (κ3) is 3.07. The number of likely N-dealkylation sites (N-methyl/N-ethyl adjacent to an activating group) is 1. The highest BCUT2D eigenvalue weighted by Crippen LogP contribution is 2.23. The summed E-state index contributed by atoms with van der Waals surface area (Å²) in [7, 11) is 5.97. The normalized spacial score (nSPS) is 18.9. The monoisotopic (exact) mass is 261 g/mol. The summed E-state index contributed by atoms with van der Waals surface area (Å²) in [6.45, 7) is 1.81. The van der Waals surface area contributed by atoms with Crippen molar-refractivity contribution in [3.8, 4) is 0 Å². The molecule has 4 heteroatoms. The summed E-state index contributed by atoms with van der Waals surface area (Å²) < 4.78 is 0. The zero-order chi connectivity index (χ0) is 13.8. The molecule has 4 nitrogen and oxygen atoms in total. The van der Waals surface area contributed by atoms with Gasteiger partial charge in [0.15, 0.2) is 0 Å². The average molecular weight is 261 g/mol. The number of nitrogens with zero attached hydrogens (tertiary/aromatic N) is 2. The highest BCUT2D eigenvalue weighted by Gasteiger charge is 2.30. The van der Waals surface area contributed by atoms with E-state index >= 15 is 0 Å². The van der Waals surface area contributed by atoms with E-state index in [0.29, 0.717) is 6.04 Å². The zero-order valence-electron chi connectivity index (χ0n) is 12.0. The van der Waals surface area contributed by atoms with Gasteiger partial charge >= 0.3 is 0 Å². The average Bonchev–Trinajstić information content (AvgIpc) is 2.85. The Morgan fingerprint density at radius 2 is 2.16 bits per heavy atom. The first-order valence-corrected chi connectivity index (χ1v) is 6.86. The van der Waals surface area contributed by atoms with Gasteiger partial charge in [0, 0.05) is 31.9 Å². The number of amides is 1. The maximum Gasteiger partial charge on any atom is 0.256 e. The lowest BCUT2D eigenvalue weighted by Gasteiger charge is -2.27. The van der Waals surface area contributed by atoms with Crippen LogP contribution in [0.5, 0.6) is 0 Å². The molecule has 1 aliphatic rings. The maximum absolute atomic E-state index is 12.7. The van der Waals surface area contributed by atoms with Crippen molar-refractivity contribution in [2.24, 2.45) is 0 Å². The summed E-state index contributed by atoms with van der Waals surface area (Å²) in [5, 5.41) is 3.10. The molecule has 0 bridgehead atoms. The number of hydrogen-bond donors (Lipinski definition) is 1. The summed E-state index contributed by atoms with van der Waals surface area (Å²) in [6.07, 6.45) is 2.21. The number of carbonyl (C=O) groups excluding carboxylic acids is 1. The van der Waals surface area contributed by atoms with Crippen LogP contribution in [0.1, 0.15) is 23.2 Å². The van der Waals surface area contributed by atoms with Gasteiger partial charge in [0.25, 0.3) is 5.91 Å². The number of anilines is 1. The van der Waals surface area contributed by atoms with Crippen molar-refractivity contribution in [2.45, 2.75) is 18.9 Å². The standard InChI is InChI=1S/C15H23N3O/c1-16-14-9-5-4-8-13(14)15(19)18-10-6-7-12(18)11-17(2)3/h4-5,8-9,12,16H,6-7,10-11H2,1-3H3. The number of rotatable bonds is 4. The molecular formula is C15H23N3O. The van der Waals surface area contributed by atoms with Gasteiger partial charge in [-0.2, -0.15) is 0 Å². The minimum Gasteiger partial charge on any atom is -0.387 e. The zero-order valence-corrected chi connectivity index (χ0v) is 12.0. The lowest BCUT2D eigenvalue weighted by Crippen LogP contribution is -2.41. The smallest absolute Gasteiger partial charge is 0.256 e. The molecule has 1 aromatic rings. The Morgan fingerprint density at radius 1 is 1.42 bits per heavy atom. The van der Waals surface area contributed by atoms with E-state index in [1.165, 1.54) is 0 Å². The van der Waals surface area contributed by atoms with Gasteiger partial charge in [0.2, 0.25) is 0 Å². The predicted octanol–water partition coefficient (Wildman–Crippen LogP) is 1.89. The summed E-state index contributed by atoms with van der Waals surface area (Å²) in [5.41, 5.74) is 1.68. The van der Waals surface area contributed by atoms with Crippen LogP contribution in [0.3, 0.4) is 0 Å². The Bertz CT molecular complexity index is 445. The largest absolute Gasteiger partial charge is 0.387 e. The first-order chi connectivity index (χ1) is 9.13. The number of carbonyl (C=O) groups is 1. The molecule has 1 aromatic carbocycles. The van der Waals surface area contributed by atoms with Crippen LogP contribution in [0.15, 0.2) is 24.3 Å². The second kappa shape index (κ2) is 6.06. The third-order valence-electron chi connectivity index (χ3n) is 3.64. The summed E-state index contributed by atoms with van der Waals surface area (Å²) in [6, 6.07) is 8.06. The van der Waals surface area contributed by atoms with Gasteiger partial charge in [-0.3, -0.25) is 4.79 Å². The van der Waals surface area contributed by atoms with E-state index in [2.05, 4.69) is 24.3 Å². The van der Waals surface area contributed by atoms with E-state index in [0.717, 1.165) is 37.2 Å². The number of nitrogens with one attached hydrogen (secondary N) is 1. The van der Waals surface area contributed by atoms with Crippen molar-refractivity contribution in [2.75, 3.05) is 39.5 Å². The number of hydrogen-bond acceptors (Lipinski definition) is 3. The molecule has 0 aliphatic carbocycles. The lowest BCUT2D eigenvalue weighted by molar-refractivity contribution is 0.0717. The Morgan fingerprint density at radius 3 is 2.84 bits per heavy atom. The van der Waals surface area contributed by atoms with Crippen LogP contribution < -0.4 is 5.32 Å². The molecule has 0 aromatic heterocycles. The van der Waals surface area contributed by atoms with Gasteiger partial charge < -0.3 is 15.1 Å². The molecule has 104 valence electrons. The molecule has 1 heterocycles. The predicted molar refractivity (Wildman–Crippen MR) is 78.6 cm³/mol. The second-order valence-electron chi connectivity index (χ2n) is 5.35. The van der Waals surface area contributed by atoms with Crippen molar-refractivity contribution in [1.82, 2.24) is 9.80 Å². The van der Waals surface area contributed by atoms with Gasteiger partial charge in [-0.1, -0.05) is 12.1 Å². The number of likely N-dealkylation sites (tertiary alicyclic amines) is 1. The summed E-state index contributed by atoms with van der Waals surface area (Å²) >= 11 is 0. The summed E-state index contributed by atoms with van der Waals surface area (Å²) in [5.74, 6) is 0.148. The number of benzene rings is 1. The molecule has 1 saturated heterocycles. The number of para-hydroxylation sites is 1. The first kappa shape index (κ1) is 13.9. The van der Waals surface area contributed by atoms with Crippen LogP contribution in [0.4, 0.5) is 5.69 Å². The lowest BCUT2D eigenvalue weighted by atomic mass is 10.1. The van der Waals surface area contributed by atoms with E-state index in [1.54, 1.807) is 0 Å². The molecule has 2 rings (SSSR count). The van der Waals surface area contributed by atoms with Crippen molar-refractivity contribution < 1.29 is 4.79 Å². The highest BCUT2D eigenvalue weighted by atomic mass is 16.2. The molecule has 0 radical (unpaired) electrons. The fraction of sp³-hybridized carbons (Fsp3) is 0.533. The van der Waals surface area contributed by atoms with Gasteiger partial charge in [0.1, 0.15) is 0 Å². The maximum atomic E-state index is 12.7. The van der Waals surface area contributed by atoms with E-state index in [4.69, 9.17) is 0 Å². The Kier molecular flexibility index (Phi) is 4.43. The van der Waals surface area contributed by atoms with E-state index in [-0.39, 0.29) is 5.91 Å².